The molecule has 2 N–H and O–H groups in total. The van der Waals surface area contributed by atoms with Gasteiger partial charge in [0.1, 0.15) is 12.3 Å². The van der Waals surface area contributed by atoms with Gasteiger partial charge in [-0.05, 0) is 31.5 Å². The molecule has 6 nitrogen and oxygen atoms in total. The number of carbonyl (C=O) groups excluding carboxylic acids is 1. The number of benzene rings is 1. The highest BCUT2D eigenvalue weighted by Crippen LogP contribution is 2.25. The second-order valence-corrected chi connectivity index (χ2v) is 5.36. The highest BCUT2D eigenvalue weighted by Gasteiger charge is 2.28. The Morgan fingerprint density at radius 1 is 1.45 bits per heavy atom. The van der Waals surface area contributed by atoms with E-state index in [2.05, 4.69) is 15.6 Å². The number of amides is 1. The van der Waals surface area contributed by atoms with Gasteiger partial charge in [-0.3, -0.25) is 4.79 Å². The largest absolute Gasteiger partial charge is 0.445 e. The first-order valence-corrected chi connectivity index (χ1v) is 7.31. The smallest absolute Gasteiger partial charge is 0.244 e. The van der Waals surface area contributed by atoms with Gasteiger partial charge >= 0.3 is 0 Å². The molecule has 1 aromatic carbocycles. The summed E-state index contributed by atoms with van der Waals surface area (Å²) in [6, 6.07) is 5.32. The lowest BCUT2D eigenvalue weighted by Gasteiger charge is -2.29. The summed E-state index contributed by atoms with van der Waals surface area (Å²) < 4.78 is 10.8. The SMILES string of the molecule is Cc1ccc(NC(=O)[C@H]2NCCO[C@@H]2C)cc1-c1ncco1. The third-order valence-corrected chi connectivity index (χ3v) is 3.77. The Balaban J connectivity index is 1.78. The van der Waals surface area contributed by atoms with Crippen LogP contribution in [0.1, 0.15) is 12.5 Å². The van der Waals surface area contributed by atoms with E-state index in [0.717, 1.165) is 11.1 Å². The maximum absolute atomic E-state index is 12.4. The fourth-order valence-electron chi connectivity index (χ4n) is 2.53. The number of anilines is 1. The van der Waals surface area contributed by atoms with Gasteiger partial charge in [0.2, 0.25) is 11.8 Å². The third kappa shape index (κ3) is 3.03. The van der Waals surface area contributed by atoms with E-state index in [0.29, 0.717) is 24.7 Å². The Kier molecular flexibility index (Phi) is 4.22. The molecule has 0 radical (unpaired) electrons. The van der Waals surface area contributed by atoms with Crippen molar-refractivity contribution in [2.75, 3.05) is 18.5 Å². The van der Waals surface area contributed by atoms with E-state index in [1.165, 1.54) is 6.26 Å². The molecular weight excluding hydrogens is 282 g/mol. The summed E-state index contributed by atoms with van der Waals surface area (Å²) in [6.45, 7) is 5.18. The van der Waals surface area contributed by atoms with Crippen LogP contribution in [0.4, 0.5) is 5.69 Å². The van der Waals surface area contributed by atoms with Crippen LogP contribution in [-0.2, 0) is 9.53 Å². The molecule has 1 saturated heterocycles. The molecule has 0 bridgehead atoms. The zero-order chi connectivity index (χ0) is 15.5. The number of nitrogens with zero attached hydrogens (tertiary/aromatic N) is 1. The van der Waals surface area contributed by atoms with Gasteiger partial charge < -0.3 is 19.8 Å². The van der Waals surface area contributed by atoms with E-state index in [1.54, 1.807) is 6.20 Å². The van der Waals surface area contributed by atoms with E-state index >= 15 is 0 Å². The number of hydrogen-bond acceptors (Lipinski definition) is 5. The van der Waals surface area contributed by atoms with Gasteiger partial charge in [0.05, 0.1) is 18.9 Å². The molecule has 0 unspecified atom stereocenters. The number of rotatable bonds is 3. The Bertz CT molecular complexity index is 655. The topological polar surface area (TPSA) is 76.4 Å². The van der Waals surface area contributed by atoms with E-state index in [4.69, 9.17) is 9.15 Å². The van der Waals surface area contributed by atoms with Gasteiger partial charge in [0.25, 0.3) is 0 Å². The molecule has 0 aliphatic carbocycles. The van der Waals surface area contributed by atoms with Crippen LogP contribution in [-0.4, -0.2) is 36.2 Å². The highest BCUT2D eigenvalue weighted by molar-refractivity contribution is 5.95. The number of nitrogens with one attached hydrogen (secondary N) is 2. The summed E-state index contributed by atoms with van der Waals surface area (Å²) in [4.78, 5) is 16.5. The van der Waals surface area contributed by atoms with Crippen molar-refractivity contribution < 1.29 is 13.9 Å². The Labute approximate surface area is 128 Å². The van der Waals surface area contributed by atoms with Crippen molar-refractivity contribution in [2.45, 2.75) is 26.0 Å². The first kappa shape index (κ1) is 14.7. The molecule has 3 rings (SSSR count). The highest BCUT2D eigenvalue weighted by atomic mass is 16.5. The van der Waals surface area contributed by atoms with Crippen LogP contribution >= 0.6 is 0 Å². The number of oxazole rings is 1. The van der Waals surface area contributed by atoms with Crippen molar-refractivity contribution in [1.29, 1.82) is 0 Å². The standard InChI is InChI=1S/C16H19N3O3/c1-10-3-4-12(9-13(10)16-18-6-8-22-16)19-15(20)14-11(2)21-7-5-17-14/h3-4,6,8-9,11,14,17H,5,7H2,1-2H3,(H,19,20)/t11-,14+/m1/s1. The van der Waals surface area contributed by atoms with E-state index in [1.807, 2.05) is 32.0 Å². The summed E-state index contributed by atoms with van der Waals surface area (Å²) in [5.74, 6) is 0.440. The Hall–Kier alpha value is -2.18. The van der Waals surface area contributed by atoms with E-state index in [9.17, 15) is 4.79 Å². The molecule has 2 aromatic rings. The van der Waals surface area contributed by atoms with Crippen LogP contribution in [0.25, 0.3) is 11.5 Å². The van der Waals surface area contributed by atoms with Crippen LogP contribution < -0.4 is 10.6 Å². The number of aromatic nitrogens is 1. The molecule has 116 valence electrons. The number of hydrogen-bond donors (Lipinski definition) is 2. The van der Waals surface area contributed by atoms with Gasteiger partial charge in [-0.2, -0.15) is 0 Å². The molecule has 2 heterocycles. The summed E-state index contributed by atoms with van der Waals surface area (Å²) in [7, 11) is 0. The minimum atomic E-state index is -0.347. The zero-order valence-corrected chi connectivity index (χ0v) is 12.6. The Morgan fingerprint density at radius 3 is 3.05 bits per heavy atom. The maximum atomic E-state index is 12.4. The average molecular weight is 301 g/mol. The van der Waals surface area contributed by atoms with Gasteiger partial charge in [0, 0.05) is 17.8 Å². The molecule has 0 saturated carbocycles. The molecule has 1 fully saturated rings. The minimum absolute atomic E-state index is 0.102. The maximum Gasteiger partial charge on any atom is 0.244 e. The summed E-state index contributed by atoms with van der Waals surface area (Å²) >= 11 is 0. The fraction of sp³-hybridized carbons (Fsp3) is 0.375. The predicted octanol–water partition coefficient (Wildman–Crippen LogP) is 1.97. The van der Waals surface area contributed by atoms with Crippen molar-refractivity contribution in [3.8, 4) is 11.5 Å². The van der Waals surface area contributed by atoms with Gasteiger partial charge in [-0.1, -0.05) is 6.07 Å². The second kappa shape index (κ2) is 6.29. The summed E-state index contributed by atoms with van der Waals surface area (Å²) in [5, 5.41) is 6.10. The quantitative estimate of drug-likeness (QED) is 0.906. The van der Waals surface area contributed by atoms with Crippen LogP contribution in [0.3, 0.4) is 0 Å². The lowest BCUT2D eigenvalue weighted by molar-refractivity contribution is -0.123. The third-order valence-electron chi connectivity index (χ3n) is 3.77. The molecule has 1 amide bonds. The van der Waals surface area contributed by atoms with Gasteiger partial charge in [0.15, 0.2) is 0 Å². The predicted molar refractivity (Wildman–Crippen MR) is 82.5 cm³/mol. The molecule has 1 aliphatic rings. The van der Waals surface area contributed by atoms with E-state index in [-0.39, 0.29) is 18.1 Å². The normalized spacial score (nSPS) is 21.5. The molecule has 6 heteroatoms. The number of aryl methyl sites for hydroxylation is 1. The molecular formula is C16H19N3O3. The van der Waals surface area contributed by atoms with Crippen LogP contribution in [0.2, 0.25) is 0 Å². The van der Waals surface area contributed by atoms with Crippen molar-refractivity contribution >= 4 is 11.6 Å². The second-order valence-electron chi connectivity index (χ2n) is 5.36. The minimum Gasteiger partial charge on any atom is -0.445 e. The molecule has 1 aliphatic heterocycles. The average Bonchev–Trinajstić information content (AvgIpc) is 3.03. The van der Waals surface area contributed by atoms with Crippen molar-refractivity contribution in [2.24, 2.45) is 0 Å². The summed E-state index contributed by atoms with van der Waals surface area (Å²) in [5.41, 5.74) is 2.61. The number of ether oxygens (including phenoxy) is 1. The summed E-state index contributed by atoms with van der Waals surface area (Å²) in [6.07, 6.45) is 2.99. The van der Waals surface area contributed by atoms with E-state index < -0.39 is 0 Å². The first-order chi connectivity index (χ1) is 10.6. The van der Waals surface area contributed by atoms with Crippen molar-refractivity contribution in [3.05, 3.63) is 36.2 Å². The Morgan fingerprint density at radius 2 is 2.32 bits per heavy atom. The molecule has 1 aromatic heterocycles. The number of carbonyl (C=O) groups is 1. The first-order valence-electron chi connectivity index (χ1n) is 7.31. The fourth-order valence-corrected chi connectivity index (χ4v) is 2.53. The monoisotopic (exact) mass is 301 g/mol. The van der Waals surface area contributed by atoms with Gasteiger partial charge in [-0.15, -0.1) is 0 Å². The lowest BCUT2D eigenvalue weighted by Crippen LogP contribution is -2.53. The molecule has 0 spiro atoms. The molecule has 22 heavy (non-hydrogen) atoms. The molecule has 2 atom stereocenters. The van der Waals surface area contributed by atoms with Gasteiger partial charge in [-0.25, -0.2) is 4.98 Å². The number of morpholine rings is 1. The van der Waals surface area contributed by atoms with Crippen molar-refractivity contribution in [3.63, 3.8) is 0 Å². The van der Waals surface area contributed by atoms with Crippen LogP contribution in [0.5, 0.6) is 0 Å². The zero-order valence-electron chi connectivity index (χ0n) is 12.6. The van der Waals surface area contributed by atoms with Crippen LogP contribution in [0.15, 0.2) is 35.1 Å². The lowest BCUT2D eigenvalue weighted by atomic mass is 10.1. The van der Waals surface area contributed by atoms with Crippen LogP contribution in [0, 0.1) is 6.92 Å². The van der Waals surface area contributed by atoms with Crippen molar-refractivity contribution in [1.82, 2.24) is 10.3 Å².